The SMILES string of the molecule is Cc1ccccc1S(=O)(=O)OCCOc1ccc(Nc2ncc(C#N)c(-c3ccccc3)n2)cc1. The van der Waals surface area contributed by atoms with Crippen LogP contribution in [0.3, 0.4) is 0 Å². The summed E-state index contributed by atoms with van der Waals surface area (Å²) in [6, 6.07) is 25.2. The van der Waals surface area contributed by atoms with Crippen LogP contribution in [-0.4, -0.2) is 31.6 Å². The van der Waals surface area contributed by atoms with Gasteiger partial charge in [0, 0.05) is 11.3 Å². The quantitative estimate of drug-likeness (QED) is 0.264. The van der Waals surface area contributed by atoms with Gasteiger partial charge in [0.15, 0.2) is 0 Å². The summed E-state index contributed by atoms with van der Waals surface area (Å²) in [5.41, 5.74) is 3.10. The molecule has 8 nitrogen and oxygen atoms in total. The molecular formula is C26H22N4O4S. The predicted molar refractivity (Wildman–Crippen MR) is 132 cm³/mol. The van der Waals surface area contributed by atoms with Gasteiger partial charge >= 0.3 is 0 Å². The number of nitriles is 1. The number of nitrogens with zero attached hydrogens (tertiary/aromatic N) is 3. The Balaban J connectivity index is 1.34. The molecule has 0 fully saturated rings. The minimum Gasteiger partial charge on any atom is -0.491 e. The molecule has 0 aliphatic rings. The van der Waals surface area contributed by atoms with E-state index in [4.69, 9.17) is 8.92 Å². The molecule has 0 aliphatic heterocycles. The molecule has 1 heterocycles. The van der Waals surface area contributed by atoms with Crippen molar-refractivity contribution < 1.29 is 17.3 Å². The molecule has 9 heteroatoms. The molecule has 1 N–H and O–H groups in total. The van der Waals surface area contributed by atoms with E-state index in [-0.39, 0.29) is 18.1 Å². The summed E-state index contributed by atoms with van der Waals surface area (Å²) in [7, 11) is -3.84. The van der Waals surface area contributed by atoms with E-state index in [0.717, 1.165) is 11.3 Å². The van der Waals surface area contributed by atoms with Crippen molar-refractivity contribution in [1.29, 1.82) is 5.26 Å². The number of aryl methyl sites for hydroxylation is 1. The van der Waals surface area contributed by atoms with E-state index in [2.05, 4.69) is 21.4 Å². The Morgan fingerprint density at radius 2 is 1.66 bits per heavy atom. The van der Waals surface area contributed by atoms with Gasteiger partial charge in [0.1, 0.15) is 25.0 Å². The Morgan fingerprint density at radius 1 is 0.943 bits per heavy atom. The van der Waals surface area contributed by atoms with Crippen LogP contribution in [0, 0.1) is 18.3 Å². The van der Waals surface area contributed by atoms with E-state index < -0.39 is 10.1 Å². The fourth-order valence-electron chi connectivity index (χ4n) is 3.31. The normalized spacial score (nSPS) is 11.0. The molecule has 4 aromatic rings. The number of nitrogens with one attached hydrogen (secondary N) is 1. The molecule has 176 valence electrons. The van der Waals surface area contributed by atoms with Gasteiger partial charge in [0.2, 0.25) is 5.95 Å². The van der Waals surface area contributed by atoms with Gasteiger partial charge in [-0.15, -0.1) is 0 Å². The summed E-state index contributed by atoms with van der Waals surface area (Å²) in [5.74, 6) is 0.907. The van der Waals surface area contributed by atoms with Crippen LogP contribution < -0.4 is 10.1 Å². The number of benzene rings is 3. The highest BCUT2D eigenvalue weighted by atomic mass is 32.2. The third-order valence-corrected chi connectivity index (χ3v) is 6.49. The van der Waals surface area contributed by atoms with Crippen molar-refractivity contribution in [2.45, 2.75) is 11.8 Å². The zero-order chi connectivity index (χ0) is 24.7. The Hall–Kier alpha value is -4.26. The first-order valence-electron chi connectivity index (χ1n) is 10.7. The van der Waals surface area contributed by atoms with Gasteiger partial charge < -0.3 is 10.1 Å². The van der Waals surface area contributed by atoms with Gasteiger partial charge in [-0.2, -0.15) is 13.7 Å². The largest absolute Gasteiger partial charge is 0.491 e. The van der Waals surface area contributed by atoms with Crippen molar-refractivity contribution in [3.63, 3.8) is 0 Å². The Morgan fingerprint density at radius 3 is 2.37 bits per heavy atom. The summed E-state index contributed by atoms with van der Waals surface area (Å²) in [6.07, 6.45) is 1.49. The van der Waals surface area contributed by atoms with Gasteiger partial charge in [-0.1, -0.05) is 48.5 Å². The maximum Gasteiger partial charge on any atom is 0.297 e. The standard InChI is InChI=1S/C26H22N4O4S/c1-19-7-5-6-10-24(19)35(31,32)34-16-15-33-23-13-11-22(12-14-23)29-26-28-18-21(17-27)25(30-26)20-8-3-2-4-9-20/h2-14,18H,15-16H2,1H3,(H,28,29,30). The molecule has 0 bridgehead atoms. The minimum absolute atomic E-state index is 0.0665. The fourth-order valence-corrected chi connectivity index (χ4v) is 4.43. The van der Waals surface area contributed by atoms with Crippen molar-refractivity contribution in [2.24, 2.45) is 0 Å². The van der Waals surface area contributed by atoms with Crippen LogP contribution in [0.5, 0.6) is 5.75 Å². The molecule has 0 unspecified atom stereocenters. The number of ether oxygens (including phenoxy) is 1. The molecule has 0 atom stereocenters. The highest BCUT2D eigenvalue weighted by molar-refractivity contribution is 7.86. The molecule has 35 heavy (non-hydrogen) atoms. The number of hydrogen-bond acceptors (Lipinski definition) is 8. The van der Waals surface area contributed by atoms with E-state index in [1.54, 1.807) is 49.4 Å². The van der Waals surface area contributed by atoms with Crippen molar-refractivity contribution in [3.8, 4) is 23.1 Å². The molecule has 0 radical (unpaired) electrons. The number of aromatic nitrogens is 2. The molecular weight excluding hydrogens is 464 g/mol. The maximum absolute atomic E-state index is 12.3. The van der Waals surface area contributed by atoms with E-state index in [1.165, 1.54) is 12.3 Å². The summed E-state index contributed by atoms with van der Waals surface area (Å²) >= 11 is 0. The smallest absolute Gasteiger partial charge is 0.297 e. The molecule has 0 saturated heterocycles. The van der Waals surface area contributed by atoms with Gasteiger partial charge in [0.05, 0.1) is 22.3 Å². The van der Waals surface area contributed by atoms with Crippen molar-refractivity contribution in [3.05, 3.63) is 96.2 Å². The summed E-state index contributed by atoms with van der Waals surface area (Å²) in [4.78, 5) is 8.86. The average Bonchev–Trinajstić information content (AvgIpc) is 2.88. The van der Waals surface area contributed by atoms with Crippen LogP contribution in [-0.2, 0) is 14.3 Å². The summed E-state index contributed by atoms with van der Waals surface area (Å²) < 4.78 is 35.3. The second-order valence-corrected chi connectivity index (χ2v) is 9.06. The number of rotatable bonds is 9. The molecule has 4 rings (SSSR count). The van der Waals surface area contributed by atoms with Crippen LogP contribution in [0.15, 0.2) is 90.0 Å². The molecule has 1 aromatic heterocycles. The van der Waals surface area contributed by atoms with Crippen molar-refractivity contribution in [1.82, 2.24) is 9.97 Å². The number of hydrogen-bond donors (Lipinski definition) is 1. The van der Waals surface area contributed by atoms with Gasteiger partial charge in [0.25, 0.3) is 10.1 Å². The van der Waals surface area contributed by atoms with Crippen LogP contribution in [0.25, 0.3) is 11.3 Å². The van der Waals surface area contributed by atoms with Gasteiger partial charge in [-0.05, 0) is 42.8 Å². The predicted octanol–water partition coefficient (Wildman–Crippen LogP) is 4.85. The minimum atomic E-state index is -3.84. The molecule has 0 saturated carbocycles. The van der Waals surface area contributed by atoms with Crippen LogP contribution in [0.2, 0.25) is 0 Å². The van der Waals surface area contributed by atoms with Crippen LogP contribution in [0.1, 0.15) is 11.1 Å². The zero-order valence-corrected chi connectivity index (χ0v) is 19.7. The average molecular weight is 487 g/mol. The summed E-state index contributed by atoms with van der Waals surface area (Å²) in [6.45, 7) is 1.67. The summed E-state index contributed by atoms with van der Waals surface area (Å²) in [5, 5.41) is 12.5. The van der Waals surface area contributed by atoms with E-state index in [9.17, 15) is 13.7 Å². The fraction of sp³-hybridized carbons (Fsp3) is 0.115. The van der Waals surface area contributed by atoms with Crippen LogP contribution >= 0.6 is 0 Å². The highest BCUT2D eigenvalue weighted by Crippen LogP contribution is 2.24. The molecule has 0 amide bonds. The lowest BCUT2D eigenvalue weighted by Crippen LogP contribution is -2.13. The molecule has 0 aliphatic carbocycles. The lowest BCUT2D eigenvalue weighted by atomic mass is 10.1. The van der Waals surface area contributed by atoms with Gasteiger partial charge in [-0.3, -0.25) is 4.18 Å². The third-order valence-electron chi connectivity index (χ3n) is 5.02. The van der Waals surface area contributed by atoms with E-state index >= 15 is 0 Å². The first kappa shape index (κ1) is 23.9. The third kappa shape index (κ3) is 6.00. The van der Waals surface area contributed by atoms with E-state index in [0.29, 0.717) is 28.5 Å². The van der Waals surface area contributed by atoms with Crippen molar-refractivity contribution in [2.75, 3.05) is 18.5 Å². The van der Waals surface area contributed by atoms with Crippen molar-refractivity contribution >= 4 is 21.8 Å². The lowest BCUT2D eigenvalue weighted by Gasteiger charge is -2.11. The molecule has 0 spiro atoms. The first-order valence-corrected chi connectivity index (χ1v) is 12.1. The second-order valence-electron chi connectivity index (χ2n) is 7.47. The van der Waals surface area contributed by atoms with E-state index in [1.807, 2.05) is 30.3 Å². The van der Waals surface area contributed by atoms with Gasteiger partial charge in [-0.25, -0.2) is 9.97 Å². The second kappa shape index (κ2) is 10.8. The molecule has 3 aromatic carbocycles. The van der Waals surface area contributed by atoms with Crippen LogP contribution in [0.4, 0.5) is 11.6 Å². The Bertz CT molecular complexity index is 1450. The lowest BCUT2D eigenvalue weighted by molar-refractivity contribution is 0.221. The Labute approximate surface area is 204 Å². The Kier molecular flexibility index (Phi) is 7.35. The highest BCUT2D eigenvalue weighted by Gasteiger charge is 2.17. The first-order chi connectivity index (χ1) is 17.0. The number of anilines is 2. The monoisotopic (exact) mass is 486 g/mol. The zero-order valence-electron chi connectivity index (χ0n) is 18.9. The maximum atomic E-state index is 12.3. The topological polar surface area (TPSA) is 114 Å².